The number of hydrogen-bond donors (Lipinski definition) is 2. The number of rotatable bonds is 5. The molecule has 182 valence electrons. The highest BCUT2D eigenvalue weighted by atomic mass is 16.5. The second-order valence-corrected chi connectivity index (χ2v) is 9.36. The molecule has 1 aliphatic rings. The maximum Gasteiger partial charge on any atom is 0.178 e. The van der Waals surface area contributed by atoms with Crippen LogP contribution in [0.1, 0.15) is 32.1 Å². The van der Waals surface area contributed by atoms with Crippen LogP contribution in [-0.2, 0) is 0 Å². The van der Waals surface area contributed by atoms with E-state index in [-0.39, 0.29) is 6.10 Å². The van der Waals surface area contributed by atoms with Crippen molar-refractivity contribution in [3.05, 3.63) is 67.5 Å². The van der Waals surface area contributed by atoms with E-state index in [1.807, 2.05) is 42.7 Å². The standard InChI is InChI=1S/C28H24N8O/c1-2-6-19(7-3-1)37-20-11-18(14-30-15-20)23-12-22-24(16-32-23)35-36-26(22)28-33-25-21(8-10-31-27(25)34-28)17-5-4-9-29-13-17/h4-5,8-16,19H,1-3,6-7H2,(H,35,36)(H,31,33,34). The topological polar surface area (TPSA) is 118 Å². The van der Waals surface area contributed by atoms with Gasteiger partial charge >= 0.3 is 0 Å². The van der Waals surface area contributed by atoms with Gasteiger partial charge < -0.3 is 9.72 Å². The van der Waals surface area contributed by atoms with Gasteiger partial charge in [-0.1, -0.05) is 12.5 Å². The van der Waals surface area contributed by atoms with E-state index in [0.29, 0.717) is 17.2 Å². The summed E-state index contributed by atoms with van der Waals surface area (Å²) in [6.45, 7) is 0. The molecular formula is C28H24N8O. The quantitative estimate of drug-likeness (QED) is 0.318. The third kappa shape index (κ3) is 4.08. The number of imidazole rings is 1. The number of H-pyrrole nitrogens is 2. The molecule has 0 amide bonds. The molecule has 6 heterocycles. The number of nitrogens with zero attached hydrogens (tertiary/aromatic N) is 6. The van der Waals surface area contributed by atoms with E-state index in [0.717, 1.165) is 57.4 Å². The molecule has 37 heavy (non-hydrogen) atoms. The van der Waals surface area contributed by atoms with Gasteiger partial charge in [0.05, 0.1) is 35.2 Å². The molecular weight excluding hydrogens is 464 g/mol. The van der Waals surface area contributed by atoms with Gasteiger partial charge in [-0.3, -0.25) is 20.1 Å². The van der Waals surface area contributed by atoms with Gasteiger partial charge in [0, 0.05) is 46.9 Å². The summed E-state index contributed by atoms with van der Waals surface area (Å²) in [4.78, 5) is 26.0. The van der Waals surface area contributed by atoms with Gasteiger partial charge in [-0.15, -0.1) is 0 Å². The summed E-state index contributed by atoms with van der Waals surface area (Å²) in [6.07, 6.45) is 16.9. The summed E-state index contributed by atoms with van der Waals surface area (Å²) in [7, 11) is 0. The normalized spacial score (nSPS) is 14.4. The van der Waals surface area contributed by atoms with Gasteiger partial charge in [0.1, 0.15) is 11.4 Å². The Balaban J connectivity index is 1.26. The Bertz CT molecular complexity index is 1700. The Labute approximate surface area is 212 Å². The molecule has 0 unspecified atom stereocenters. The molecule has 6 aromatic rings. The first-order valence-electron chi connectivity index (χ1n) is 12.5. The van der Waals surface area contributed by atoms with Crippen molar-refractivity contribution in [3.8, 4) is 39.7 Å². The molecule has 0 saturated heterocycles. The van der Waals surface area contributed by atoms with Crippen LogP contribution in [0.3, 0.4) is 0 Å². The number of ether oxygens (including phenoxy) is 1. The van der Waals surface area contributed by atoms with Crippen molar-refractivity contribution in [2.45, 2.75) is 38.2 Å². The van der Waals surface area contributed by atoms with Crippen LogP contribution in [0.4, 0.5) is 0 Å². The maximum absolute atomic E-state index is 6.23. The molecule has 6 aromatic heterocycles. The zero-order valence-corrected chi connectivity index (χ0v) is 20.1. The molecule has 1 saturated carbocycles. The van der Waals surface area contributed by atoms with Crippen LogP contribution in [-0.4, -0.2) is 46.2 Å². The van der Waals surface area contributed by atoms with Crippen LogP contribution in [0, 0.1) is 0 Å². The number of nitrogens with one attached hydrogen (secondary N) is 2. The highest BCUT2D eigenvalue weighted by Gasteiger charge is 2.18. The number of hydrogen-bond acceptors (Lipinski definition) is 7. The summed E-state index contributed by atoms with van der Waals surface area (Å²) in [5.74, 6) is 1.42. The Hall–Kier alpha value is -4.66. The lowest BCUT2D eigenvalue weighted by molar-refractivity contribution is 0.154. The smallest absolute Gasteiger partial charge is 0.178 e. The van der Waals surface area contributed by atoms with E-state index < -0.39 is 0 Å². The number of aromatic nitrogens is 8. The minimum absolute atomic E-state index is 0.264. The third-order valence-corrected chi connectivity index (χ3v) is 6.90. The van der Waals surface area contributed by atoms with Crippen molar-refractivity contribution >= 4 is 22.1 Å². The number of fused-ring (bicyclic) bond motifs is 2. The molecule has 0 bridgehead atoms. The number of aromatic amines is 2. The maximum atomic E-state index is 6.23. The summed E-state index contributed by atoms with van der Waals surface area (Å²) in [5, 5.41) is 8.54. The Morgan fingerprint density at radius 3 is 2.68 bits per heavy atom. The van der Waals surface area contributed by atoms with E-state index >= 15 is 0 Å². The predicted molar refractivity (Wildman–Crippen MR) is 141 cm³/mol. The first-order valence-corrected chi connectivity index (χ1v) is 12.5. The van der Waals surface area contributed by atoms with Crippen LogP contribution < -0.4 is 4.74 Å². The van der Waals surface area contributed by atoms with Gasteiger partial charge in [-0.05, 0) is 49.9 Å². The van der Waals surface area contributed by atoms with Gasteiger partial charge in [-0.2, -0.15) is 5.10 Å². The van der Waals surface area contributed by atoms with Gasteiger partial charge in [-0.25, -0.2) is 9.97 Å². The van der Waals surface area contributed by atoms with Crippen molar-refractivity contribution in [2.75, 3.05) is 0 Å². The van der Waals surface area contributed by atoms with Crippen molar-refractivity contribution < 1.29 is 4.74 Å². The van der Waals surface area contributed by atoms with E-state index in [1.54, 1.807) is 24.8 Å². The highest BCUT2D eigenvalue weighted by Crippen LogP contribution is 2.32. The van der Waals surface area contributed by atoms with Crippen LogP contribution >= 0.6 is 0 Å². The highest BCUT2D eigenvalue weighted by molar-refractivity contribution is 5.96. The average molecular weight is 489 g/mol. The fourth-order valence-electron chi connectivity index (χ4n) is 5.04. The van der Waals surface area contributed by atoms with Gasteiger partial charge in [0.2, 0.25) is 0 Å². The van der Waals surface area contributed by atoms with Crippen LogP contribution in [0.5, 0.6) is 5.75 Å². The number of pyridine rings is 4. The minimum Gasteiger partial charge on any atom is -0.489 e. The second kappa shape index (κ2) is 9.09. The molecule has 0 radical (unpaired) electrons. The molecule has 0 aromatic carbocycles. The van der Waals surface area contributed by atoms with E-state index in [4.69, 9.17) is 9.72 Å². The molecule has 0 aliphatic heterocycles. The molecule has 9 nitrogen and oxygen atoms in total. The van der Waals surface area contributed by atoms with Gasteiger partial charge in [0.25, 0.3) is 0 Å². The summed E-state index contributed by atoms with van der Waals surface area (Å²) in [5.41, 5.74) is 6.66. The lowest BCUT2D eigenvalue weighted by atomic mass is 9.98. The van der Waals surface area contributed by atoms with E-state index in [1.165, 1.54) is 19.3 Å². The molecule has 0 spiro atoms. The lowest BCUT2D eigenvalue weighted by Gasteiger charge is -2.22. The first-order chi connectivity index (χ1) is 18.3. The molecule has 2 N–H and O–H groups in total. The average Bonchev–Trinajstić information content (AvgIpc) is 3.58. The summed E-state index contributed by atoms with van der Waals surface area (Å²) >= 11 is 0. The van der Waals surface area contributed by atoms with Crippen molar-refractivity contribution in [1.82, 2.24) is 40.1 Å². The Morgan fingerprint density at radius 1 is 0.865 bits per heavy atom. The van der Waals surface area contributed by atoms with E-state index in [9.17, 15) is 0 Å². The third-order valence-electron chi connectivity index (χ3n) is 6.90. The zero-order valence-electron chi connectivity index (χ0n) is 20.1. The lowest BCUT2D eigenvalue weighted by Crippen LogP contribution is -2.19. The predicted octanol–water partition coefficient (Wildman–Crippen LogP) is 5.73. The monoisotopic (exact) mass is 488 g/mol. The second-order valence-electron chi connectivity index (χ2n) is 9.36. The van der Waals surface area contributed by atoms with E-state index in [2.05, 4.69) is 35.1 Å². The minimum atomic E-state index is 0.264. The SMILES string of the molecule is c1cncc(-c2ccnc3nc(-c4n[nH]c5cnc(-c6cncc(OC7CCCCC7)c6)cc45)[nH]c23)c1. The van der Waals surface area contributed by atoms with Crippen molar-refractivity contribution in [2.24, 2.45) is 0 Å². The fourth-order valence-corrected chi connectivity index (χ4v) is 5.04. The Kier molecular flexibility index (Phi) is 5.31. The van der Waals surface area contributed by atoms with Crippen molar-refractivity contribution in [1.29, 1.82) is 0 Å². The fraction of sp³-hybridized carbons (Fsp3) is 0.214. The molecule has 9 heteroatoms. The first kappa shape index (κ1) is 21.6. The van der Waals surface area contributed by atoms with Crippen LogP contribution in [0.15, 0.2) is 67.5 Å². The largest absolute Gasteiger partial charge is 0.489 e. The zero-order chi connectivity index (χ0) is 24.6. The molecule has 7 rings (SSSR count). The molecule has 0 atom stereocenters. The van der Waals surface area contributed by atoms with Crippen LogP contribution in [0.2, 0.25) is 0 Å². The summed E-state index contributed by atoms with van der Waals surface area (Å²) < 4.78 is 6.23. The summed E-state index contributed by atoms with van der Waals surface area (Å²) in [6, 6.07) is 9.92. The van der Waals surface area contributed by atoms with Crippen LogP contribution in [0.25, 0.3) is 56.0 Å². The molecule has 1 aliphatic carbocycles. The Morgan fingerprint density at radius 2 is 1.78 bits per heavy atom. The van der Waals surface area contributed by atoms with Gasteiger partial charge in [0.15, 0.2) is 11.5 Å². The van der Waals surface area contributed by atoms with Crippen molar-refractivity contribution in [3.63, 3.8) is 0 Å². The molecule has 1 fully saturated rings.